The van der Waals surface area contributed by atoms with Crippen molar-refractivity contribution in [3.63, 3.8) is 0 Å². The standard InChI is InChI=1S/C17H25N3/c1-5-15-12-17(20(4)19-15)16(18-6-2)11-14-9-7-8-13(3)10-14/h7-10,12,16,18H,5-6,11H2,1-4H3. The number of hydrogen-bond donors (Lipinski definition) is 1. The summed E-state index contributed by atoms with van der Waals surface area (Å²) in [6.07, 6.45) is 1.98. The first-order valence-electron chi connectivity index (χ1n) is 7.45. The van der Waals surface area contributed by atoms with Crippen molar-refractivity contribution in [3.8, 4) is 0 Å². The molecule has 108 valence electrons. The fourth-order valence-electron chi connectivity index (χ4n) is 2.64. The van der Waals surface area contributed by atoms with Crippen molar-refractivity contribution in [2.75, 3.05) is 6.54 Å². The number of aryl methyl sites for hydroxylation is 3. The number of rotatable bonds is 6. The molecule has 0 radical (unpaired) electrons. The second kappa shape index (κ2) is 6.71. The fraction of sp³-hybridized carbons (Fsp3) is 0.471. The zero-order chi connectivity index (χ0) is 14.5. The van der Waals surface area contributed by atoms with Crippen LogP contribution in [0.4, 0.5) is 0 Å². The van der Waals surface area contributed by atoms with Crippen molar-refractivity contribution in [1.29, 1.82) is 0 Å². The van der Waals surface area contributed by atoms with Crippen LogP contribution in [0.15, 0.2) is 30.3 Å². The Hall–Kier alpha value is -1.61. The Labute approximate surface area is 122 Å². The van der Waals surface area contributed by atoms with Gasteiger partial charge in [0.05, 0.1) is 17.4 Å². The molecule has 0 aliphatic rings. The predicted octanol–water partition coefficient (Wildman–Crippen LogP) is 3.18. The third-order valence-electron chi connectivity index (χ3n) is 3.66. The van der Waals surface area contributed by atoms with Crippen LogP contribution in [0, 0.1) is 6.92 Å². The lowest BCUT2D eigenvalue weighted by Crippen LogP contribution is -2.25. The lowest BCUT2D eigenvalue weighted by molar-refractivity contribution is 0.507. The maximum atomic E-state index is 4.57. The SMILES string of the molecule is CCNC(Cc1cccc(C)c1)c1cc(CC)nn1C. The van der Waals surface area contributed by atoms with Crippen LogP contribution in [-0.4, -0.2) is 16.3 Å². The van der Waals surface area contributed by atoms with Crippen LogP contribution in [-0.2, 0) is 19.9 Å². The van der Waals surface area contributed by atoms with Gasteiger partial charge in [-0.1, -0.05) is 43.7 Å². The highest BCUT2D eigenvalue weighted by Gasteiger charge is 2.16. The van der Waals surface area contributed by atoms with E-state index in [9.17, 15) is 0 Å². The van der Waals surface area contributed by atoms with Gasteiger partial charge in [0, 0.05) is 7.05 Å². The number of hydrogen-bond acceptors (Lipinski definition) is 2. The minimum Gasteiger partial charge on any atom is -0.309 e. The van der Waals surface area contributed by atoms with Gasteiger partial charge >= 0.3 is 0 Å². The molecule has 1 heterocycles. The Morgan fingerprint density at radius 2 is 2.05 bits per heavy atom. The van der Waals surface area contributed by atoms with Gasteiger partial charge in [-0.25, -0.2) is 0 Å². The van der Waals surface area contributed by atoms with E-state index in [-0.39, 0.29) is 0 Å². The Bertz CT molecular complexity index is 557. The molecule has 0 aliphatic heterocycles. The number of likely N-dealkylation sites (N-methyl/N-ethyl adjacent to an activating group) is 1. The van der Waals surface area contributed by atoms with Gasteiger partial charge in [-0.2, -0.15) is 5.10 Å². The molecule has 0 fully saturated rings. The maximum absolute atomic E-state index is 4.57. The molecule has 0 aliphatic carbocycles. The van der Waals surface area contributed by atoms with Crippen LogP contribution in [0.5, 0.6) is 0 Å². The van der Waals surface area contributed by atoms with Gasteiger partial charge in [0.1, 0.15) is 0 Å². The van der Waals surface area contributed by atoms with E-state index in [1.165, 1.54) is 16.8 Å². The predicted molar refractivity (Wildman–Crippen MR) is 83.9 cm³/mol. The zero-order valence-corrected chi connectivity index (χ0v) is 13.0. The van der Waals surface area contributed by atoms with E-state index in [1.54, 1.807) is 0 Å². The van der Waals surface area contributed by atoms with Crippen LogP contribution < -0.4 is 5.32 Å². The molecule has 0 spiro atoms. The quantitative estimate of drug-likeness (QED) is 0.874. The van der Waals surface area contributed by atoms with Crippen LogP contribution in [0.3, 0.4) is 0 Å². The first-order valence-corrected chi connectivity index (χ1v) is 7.45. The van der Waals surface area contributed by atoms with E-state index in [0.29, 0.717) is 6.04 Å². The second-order valence-corrected chi connectivity index (χ2v) is 5.34. The largest absolute Gasteiger partial charge is 0.309 e. The zero-order valence-electron chi connectivity index (χ0n) is 13.0. The van der Waals surface area contributed by atoms with Gasteiger partial charge in [-0.15, -0.1) is 0 Å². The Morgan fingerprint density at radius 3 is 2.65 bits per heavy atom. The van der Waals surface area contributed by atoms with Gasteiger partial charge in [0.2, 0.25) is 0 Å². The third-order valence-corrected chi connectivity index (χ3v) is 3.66. The third kappa shape index (κ3) is 3.48. The van der Waals surface area contributed by atoms with Gasteiger partial charge < -0.3 is 5.32 Å². The van der Waals surface area contributed by atoms with Crippen molar-refractivity contribution in [3.05, 3.63) is 52.8 Å². The fourth-order valence-corrected chi connectivity index (χ4v) is 2.64. The molecule has 1 unspecified atom stereocenters. The number of nitrogens with zero attached hydrogens (tertiary/aromatic N) is 2. The molecule has 1 aromatic heterocycles. The van der Waals surface area contributed by atoms with Crippen molar-refractivity contribution in [2.24, 2.45) is 7.05 Å². The minimum atomic E-state index is 0.319. The number of aromatic nitrogens is 2. The lowest BCUT2D eigenvalue weighted by atomic mass is 10.0. The molecule has 2 aromatic rings. The summed E-state index contributed by atoms with van der Waals surface area (Å²) in [6.45, 7) is 7.41. The Kier molecular flexibility index (Phi) is 4.96. The molecule has 0 amide bonds. The average Bonchev–Trinajstić information content (AvgIpc) is 2.80. The summed E-state index contributed by atoms with van der Waals surface area (Å²) in [6, 6.07) is 11.3. The molecule has 0 saturated heterocycles. The monoisotopic (exact) mass is 271 g/mol. The highest BCUT2D eigenvalue weighted by molar-refractivity contribution is 5.25. The number of benzene rings is 1. The van der Waals surface area contributed by atoms with Crippen molar-refractivity contribution >= 4 is 0 Å². The van der Waals surface area contributed by atoms with Crippen molar-refractivity contribution < 1.29 is 0 Å². The molecular formula is C17H25N3. The summed E-state index contributed by atoms with van der Waals surface area (Å²) in [5, 5.41) is 8.15. The Balaban J connectivity index is 2.24. The average molecular weight is 271 g/mol. The highest BCUT2D eigenvalue weighted by Crippen LogP contribution is 2.20. The first-order chi connectivity index (χ1) is 9.63. The van der Waals surface area contributed by atoms with Crippen LogP contribution >= 0.6 is 0 Å². The van der Waals surface area contributed by atoms with Gasteiger partial charge in [-0.3, -0.25) is 4.68 Å². The smallest absolute Gasteiger partial charge is 0.0625 e. The summed E-state index contributed by atoms with van der Waals surface area (Å²) < 4.78 is 2.02. The van der Waals surface area contributed by atoms with E-state index in [1.807, 2.05) is 11.7 Å². The van der Waals surface area contributed by atoms with E-state index in [4.69, 9.17) is 0 Å². The summed E-state index contributed by atoms with van der Waals surface area (Å²) in [5.41, 5.74) is 5.12. The summed E-state index contributed by atoms with van der Waals surface area (Å²) in [4.78, 5) is 0. The van der Waals surface area contributed by atoms with Gasteiger partial charge in [0.25, 0.3) is 0 Å². The van der Waals surface area contributed by atoms with E-state index < -0.39 is 0 Å². The molecule has 1 aromatic carbocycles. The maximum Gasteiger partial charge on any atom is 0.0625 e. The van der Waals surface area contributed by atoms with Crippen LogP contribution in [0.1, 0.15) is 42.4 Å². The van der Waals surface area contributed by atoms with Crippen molar-refractivity contribution in [1.82, 2.24) is 15.1 Å². The molecular weight excluding hydrogens is 246 g/mol. The van der Waals surface area contributed by atoms with Crippen LogP contribution in [0.2, 0.25) is 0 Å². The number of nitrogens with one attached hydrogen (secondary N) is 1. The lowest BCUT2D eigenvalue weighted by Gasteiger charge is -2.18. The molecule has 3 nitrogen and oxygen atoms in total. The van der Waals surface area contributed by atoms with E-state index in [2.05, 4.69) is 61.5 Å². The second-order valence-electron chi connectivity index (χ2n) is 5.34. The van der Waals surface area contributed by atoms with Crippen LogP contribution in [0.25, 0.3) is 0 Å². The molecule has 2 rings (SSSR count). The van der Waals surface area contributed by atoms with E-state index >= 15 is 0 Å². The molecule has 1 N–H and O–H groups in total. The highest BCUT2D eigenvalue weighted by atomic mass is 15.3. The molecule has 0 saturated carbocycles. The van der Waals surface area contributed by atoms with E-state index in [0.717, 1.165) is 25.1 Å². The Morgan fingerprint density at radius 1 is 1.25 bits per heavy atom. The molecule has 20 heavy (non-hydrogen) atoms. The molecule has 3 heteroatoms. The summed E-state index contributed by atoms with van der Waals surface area (Å²) in [5.74, 6) is 0. The normalized spacial score (nSPS) is 12.6. The van der Waals surface area contributed by atoms with Gasteiger partial charge in [-0.05, 0) is 37.9 Å². The first kappa shape index (κ1) is 14.8. The van der Waals surface area contributed by atoms with Crippen molar-refractivity contribution in [2.45, 2.75) is 39.7 Å². The topological polar surface area (TPSA) is 29.9 Å². The summed E-state index contributed by atoms with van der Waals surface area (Å²) in [7, 11) is 2.04. The van der Waals surface area contributed by atoms with Gasteiger partial charge in [0.15, 0.2) is 0 Å². The minimum absolute atomic E-state index is 0.319. The summed E-state index contributed by atoms with van der Waals surface area (Å²) >= 11 is 0. The molecule has 0 bridgehead atoms. The molecule has 1 atom stereocenters.